The molecule has 1 saturated carbocycles. The number of halogens is 3. The summed E-state index contributed by atoms with van der Waals surface area (Å²) in [6.45, 7) is 0. The van der Waals surface area contributed by atoms with Crippen LogP contribution in [-0.2, 0) is 0 Å². The van der Waals surface area contributed by atoms with E-state index in [4.69, 9.17) is 34.7 Å². The maximum atomic E-state index is 14.6. The quantitative estimate of drug-likeness (QED) is 0.343. The van der Waals surface area contributed by atoms with Crippen molar-refractivity contribution in [3.63, 3.8) is 0 Å². The Bertz CT molecular complexity index is 1400. The largest absolute Gasteiger partial charge is 0.382 e. The van der Waals surface area contributed by atoms with Crippen LogP contribution >= 0.6 is 23.2 Å². The van der Waals surface area contributed by atoms with Crippen LogP contribution in [0.25, 0.3) is 16.7 Å². The van der Waals surface area contributed by atoms with Crippen molar-refractivity contribution >= 4 is 51.7 Å². The standard InChI is InChI=1S/C19H16Cl2FN9O/c20-8-3-4-9(22)11-14(8)27-17(31(18(11)32)10-5-6-25-30-10)13(7-1-2-7)26-16-12(21)15(23)28-19(24)29-16/h3-7,13H,1-2H2,(H,25,30)(H5,23,24,26,28,29)/t13-/m0/s1. The lowest BCUT2D eigenvalue weighted by atomic mass is 10.1. The van der Waals surface area contributed by atoms with E-state index in [0.29, 0.717) is 5.82 Å². The number of fused-ring (bicyclic) bond motifs is 1. The topological polar surface area (TPSA) is 153 Å². The number of hydrogen-bond donors (Lipinski definition) is 4. The van der Waals surface area contributed by atoms with Crippen molar-refractivity contribution < 1.29 is 4.39 Å². The summed E-state index contributed by atoms with van der Waals surface area (Å²) in [6, 6.07) is 3.53. The van der Waals surface area contributed by atoms with Crippen molar-refractivity contribution in [3.05, 3.63) is 56.4 Å². The van der Waals surface area contributed by atoms with Crippen LogP contribution in [0, 0.1) is 11.7 Å². The highest BCUT2D eigenvalue weighted by Gasteiger charge is 2.37. The Labute approximate surface area is 189 Å². The third-order valence-corrected chi connectivity index (χ3v) is 5.91. The Hall–Kier alpha value is -3.44. The number of nitrogen functional groups attached to an aromatic ring is 2. The zero-order valence-electron chi connectivity index (χ0n) is 16.3. The number of benzene rings is 1. The Morgan fingerprint density at radius 1 is 1.19 bits per heavy atom. The third-order valence-electron chi connectivity index (χ3n) is 5.24. The summed E-state index contributed by atoms with van der Waals surface area (Å²) in [5, 5.41) is 9.87. The SMILES string of the molecule is Nc1nc(N)c(Cl)c(N[C@H](c2nc3c(Cl)ccc(F)c3c(=O)n2-c2ccn[nH]2)C2CC2)n1. The number of nitrogens with two attached hydrogens (primary N) is 2. The zero-order valence-corrected chi connectivity index (χ0v) is 17.8. The zero-order chi connectivity index (χ0) is 22.6. The lowest BCUT2D eigenvalue weighted by molar-refractivity contribution is 0.600. The van der Waals surface area contributed by atoms with Crippen LogP contribution in [0.5, 0.6) is 0 Å². The normalized spacial score (nSPS) is 14.6. The van der Waals surface area contributed by atoms with E-state index in [9.17, 15) is 9.18 Å². The molecule has 0 radical (unpaired) electrons. The predicted octanol–water partition coefficient (Wildman–Crippen LogP) is 3.07. The molecule has 3 heterocycles. The molecule has 13 heteroatoms. The number of aromatic amines is 1. The van der Waals surface area contributed by atoms with Gasteiger partial charge in [0.05, 0.1) is 22.8 Å². The molecular weight excluding hydrogens is 460 g/mol. The molecule has 4 aromatic rings. The van der Waals surface area contributed by atoms with Crippen molar-refractivity contribution in [1.82, 2.24) is 29.7 Å². The number of H-pyrrole nitrogens is 1. The van der Waals surface area contributed by atoms with Crippen LogP contribution in [0.15, 0.2) is 29.2 Å². The maximum absolute atomic E-state index is 14.6. The van der Waals surface area contributed by atoms with E-state index in [1.54, 1.807) is 6.07 Å². The van der Waals surface area contributed by atoms with Crippen LogP contribution < -0.4 is 22.3 Å². The molecule has 3 aromatic heterocycles. The first-order valence-corrected chi connectivity index (χ1v) is 10.4. The lowest BCUT2D eigenvalue weighted by Gasteiger charge is -2.23. The van der Waals surface area contributed by atoms with E-state index in [1.807, 2.05) is 0 Å². The molecule has 32 heavy (non-hydrogen) atoms. The Morgan fingerprint density at radius 2 is 1.97 bits per heavy atom. The summed E-state index contributed by atoms with van der Waals surface area (Å²) < 4.78 is 15.9. The number of rotatable bonds is 5. The molecule has 0 aliphatic heterocycles. The summed E-state index contributed by atoms with van der Waals surface area (Å²) in [7, 11) is 0. The molecule has 5 rings (SSSR count). The fourth-order valence-corrected chi connectivity index (χ4v) is 3.94. The molecule has 1 aliphatic carbocycles. The molecule has 0 amide bonds. The van der Waals surface area contributed by atoms with E-state index < -0.39 is 17.4 Å². The molecule has 10 nitrogen and oxygen atoms in total. The van der Waals surface area contributed by atoms with Gasteiger partial charge >= 0.3 is 0 Å². The van der Waals surface area contributed by atoms with Gasteiger partial charge in [-0.15, -0.1) is 0 Å². The number of nitrogens with one attached hydrogen (secondary N) is 2. The predicted molar refractivity (Wildman–Crippen MR) is 119 cm³/mol. The summed E-state index contributed by atoms with van der Waals surface area (Å²) in [5.74, 6) is 0.119. The van der Waals surface area contributed by atoms with Gasteiger partial charge in [0.1, 0.15) is 33.7 Å². The number of hydrogen-bond acceptors (Lipinski definition) is 8. The van der Waals surface area contributed by atoms with E-state index in [0.717, 1.165) is 18.9 Å². The summed E-state index contributed by atoms with van der Waals surface area (Å²) in [4.78, 5) is 26.0. The van der Waals surface area contributed by atoms with E-state index >= 15 is 0 Å². The van der Waals surface area contributed by atoms with Crippen LogP contribution in [0.2, 0.25) is 10.0 Å². The molecule has 164 valence electrons. The molecule has 1 aromatic carbocycles. The van der Waals surface area contributed by atoms with Gasteiger partial charge in [-0.2, -0.15) is 15.1 Å². The fourth-order valence-electron chi connectivity index (χ4n) is 3.60. The lowest BCUT2D eigenvalue weighted by Crippen LogP contribution is -2.30. The minimum absolute atomic E-state index is 0.0127. The second kappa shape index (κ2) is 7.61. The van der Waals surface area contributed by atoms with Crippen molar-refractivity contribution in [3.8, 4) is 5.82 Å². The number of aromatic nitrogens is 6. The van der Waals surface area contributed by atoms with Crippen molar-refractivity contribution in [2.75, 3.05) is 16.8 Å². The van der Waals surface area contributed by atoms with Crippen LogP contribution in [-0.4, -0.2) is 29.7 Å². The highest BCUT2D eigenvalue weighted by atomic mass is 35.5. The molecule has 0 bridgehead atoms. The molecule has 1 aliphatic rings. The minimum atomic E-state index is -0.725. The third kappa shape index (κ3) is 3.39. The molecule has 0 unspecified atom stereocenters. The van der Waals surface area contributed by atoms with E-state index in [-0.39, 0.29) is 50.3 Å². The summed E-state index contributed by atoms with van der Waals surface area (Å²) in [5.41, 5.74) is 11.0. The highest BCUT2D eigenvalue weighted by molar-refractivity contribution is 6.35. The van der Waals surface area contributed by atoms with Gasteiger partial charge in [0, 0.05) is 6.07 Å². The second-order valence-corrected chi connectivity index (χ2v) is 8.18. The molecule has 1 atom stereocenters. The van der Waals surface area contributed by atoms with Crippen molar-refractivity contribution in [1.29, 1.82) is 0 Å². The average Bonchev–Trinajstić information content (AvgIpc) is 3.45. The average molecular weight is 476 g/mol. The highest BCUT2D eigenvalue weighted by Crippen LogP contribution is 2.44. The number of anilines is 3. The Balaban J connectivity index is 1.77. The first-order valence-electron chi connectivity index (χ1n) is 9.60. The molecule has 6 N–H and O–H groups in total. The van der Waals surface area contributed by atoms with Gasteiger partial charge in [0.25, 0.3) is 5.56 Å². The summed E-state index contributed by atoms with van der Waals surface area (Å²) in [6.07, 6.45) is 3.20. The Kier molecular flexibility index (Phi) is 4.86. The molecular formula is C19H16Cl2FN9O. The van der Waals surface area contributed by atoms with E-state index in [2.05, 4.69) is 30.5 Å². The number of nitrogens with zero attached hydrogens (tertiary/aromatic N) is 5. The van der Waals surface area contributed by atoms with Crippen LogP contribution in [0.3, 0.4) is 0 Å². The van der Waals surface area contributed by atoms with E-state index in [1.165, 1.54) is 16.8 Å². The van der Waals surface area contributed by atoms with Crippen molar-refractivity contribution in [2.45, 2.75) is 18.9 Å². The molecule has 0 saturated heterocycles. The van der Waals surface area contributed by atoms with Gasteiger partial charge in [-0.05, 0) is 30.9 Å². The summed E-state index contributed by atoms with van der Waals surface area (Å²) >= 11 is 12.6. The molecule has 1 fully saturated rings. The first-order chi connectivity index (χ1) is 15.3. The second-order valence-electron chi connectivity index (χ2n) is 7.39. The fraction of sp³-hybridized carbons (Fsp3) is 0.211. The Morgan fingerprint density at radius 3 is 2.66 bits per heavy atom. The van der Waals surface area contributed by atoms with Gasteiger partial charge in [0.2, 0.25) is 5.95 Å². The first kappa shape index (κ1) is 20.5. The van der Waals surface area contributed by atoms with Crippen LogP contribution in [0.4, 0.5) is 22.0 Å². The van der Waals surface area contributed by atoms with Gasteiger partial charge in [-0.25, -0.2) is 13.9 Å². The van der Waals surface area contributed by atoms with Crippen molar-refractivity contribution in [2.24, 2.45) is 5.92 Å². The van der Waals surface area contributed by atoms with Gasteiger partial charge in [-0.3, -0.25) is 9.89 Å². The molecule has 0 spiro atoms. The van der Waals surface area contributed by atoms with Gasteiger partial charge in [0.15, 0.2) is 5.82 Å². The van der Waals surface area contributed by atoms with Gasteiger partial charge < -0.3 is 16.8 Å². The van der Waals surface area contributed by atoms with Gasteiger partial charge in [-0.1, -0.05) is 23.2 Å². The van der Waals surface area contributed by atoms with Crippen LogP contribution in [0.1, 0.15) is 24.7 Å². The monoisotopic (exact) mass is 475 g/mol. The minimum Gasteiger partial charge on any atom is -0.382 e. The smallest absolute Gasteiger partial charge is 0.270 e. The maximum Gasteiger partial charge on any atom is 0.270 e.